The molecule has 4 heteroatoms. The van der Waals surface area contributed by atoms with Gasteiger partial charge in [-0.1, -0.05) is 48.5 Å². The number of aromatic hydroxyl groups is 1. The molecule has 172 valence electrons. The minimum Gasteiger partial charge on any atom is -0.508 e. The van der Waals surface area contributed by atoms with Crippen molar-refractivity contribution >= 4 is 21.7 Å². The van der Waals surface area contributed by atoms with Gasteiger partial charge in [0.15, 0.2) is 0 Å². The number of aromatic nitrogens is 1. The summed E-state index contributed by atoms with van der Waals surface area (Å²) in [4.78, 5) is 7.14. The molecule has 1 aromatic heterocycles. The van der Waals surface area contributed by atoms with E-state index in [1.54, 1.807) is 6.07 Å². The Morgan fingerprint density at radius 3 is 2.82 bits per heavy atom. The molecule has 1 N–H and O–H groups in total. The van der Waals surface area contributed by atoms with Gasteiger partial charge in [0.2, 0.25) is 0 Å². The Labute approximate surface area is 200 Å². The average molecular weight is 451 g/mol. The Bertz CT molecular complexity index is 1340. The molecule has 34 heavy (non-hydrogen) atoms. The Balaban J connectivity index is 1.40. The summed E-state index contributed by atoms with van der Waals surface area (Å²) >= 11 is 0. The van der Waals surface area contributed by atoms with Gasteiger partial charge in [-0.05, 0) is 77.4 Å². The quantitative estimate of drug-likeness (QED) is 0.353. The lowest BCUT2D eigenvalue weighted by molar-refractivity contribution is -0.0801. The molecule has 1 unspecified atom stereocenters. The number of fused-ring (bicyclic) bond motifs is 5. The summed E-state index contributed by atoms with van der Waals surface area (Å²) in [7, 11) is 0. The van der Waals surface area contributed by atoms with E-state index in [9.17, 15) is 5.11 Å². The van der Waals surface area contributed by atoms with Gasteiger partial charge in [0.1, 0.15) is 5.75 Å². The Morgan fingerprint density at radius 1 is 1.09 bits per heavy atom. The van der Waals surface area contributed by atoms with Crippen LogP contribution in [0.2, 0.25) is 0 Å². The first kappa shape index (κ1) is 21.3. The average Bonchev–Trinajstić information content (AvgIpc) is 2.89. The molecule has 0 saturated carbocycles. The number of phenols is 1. The minimum absolute atomic E-state index is 0.111. The molecule has 5 atom stereocenters. The van der Waals surface area contributed by atoms with Crippen LogP contribution in [0.5, 0.6) is 5.75 Å². The third kappa shape index (κ3) is 3.77. The molecule has 7 rings (SSSR count). The number of rotatable bonds is 6. The number of nitrogens with zero attached hydrogens (tertiary/aromatic N) is 2. The van der Waals surface area contributed by atoms with Crippen LogP contribution in [-0.2, 0) is 11.3 Å². The van der Waals surface area contributed by atoms with Gasteiger partial charge in [-0.15, -0.1) is 6.58 Å². The number of ether oxygens (including phenoxy) is 1. The molecular formula is C30H30N2O2. The van der Waals surface area contributed by atoms with E-state index in [1.807, 2.05) is 18.3 Å². The molecule has 2 bridgehead atoms. The third-order valence-corrected chi connectivity index (χ3v) is 7.87. The first-order valence-corrected chi connectivity index (χ1v) is 12.2. The van der Waals surface area contributed by atoms with E-state index < -0.39 is 0 Å². The predicted octanol–water partition coefficient (Wildman–Crippen LogP) is 6.25. The Hall–Kier alpha value is -3.21. The summed E-state index contributed by atoms with van der Waals surface area (Å²) in [6, 6.07) is 22.7. The highest BCUT2D eigenvalue weighted by Crippen LogP contribution is 2.44. The summed E-state index contributed by atoms with van der Waals surface area (Å²) in [6.45, 7) is 6.77. The number of hydrogen-bond acceptors (Lipinski definition) is 4. The highest BCUT2D eigenvalue weighted by molar-refractivity contribution is 5.86. The molecule has 3 aromatic carbocycles. The van der Waals surface area contributed by atoms with E-state index in [-0.39, 0.29) is 17.9 Å². The molecule has 3 aliphatic rings. The smallest absolute Gasteiger partial charge is 0.116 e. The van der Waals surface area contributed by atoms with Crippen LogP contribution < -0.4 is 0 Å². The molecule has 3 fully saturated rings. The molecule has 3 aliphatic heterocycles. The molecule has 3 saturated heterocycles. The Morgan fingerprint density at radius 2 is 1.97 bits per heavy atom. The first-order chi connectivity index (χ1) is 16.7. The fourth-order valence-electron chi connectivity index (χ4n) is 6.10. The van der Waals surface area contributed by atoms with Gasteiger partial charge in [-0.2, -0.15) is 0 Å². The number of hydrogen-bond donors (Lipinski definition) is 1. The zero-order valence-corrected chi connectivity index (χ0v) is 19.3. The molecule has 0 aliphatic carbocycles. The van der Waals surface area contributed by atoms with Crippen LogP contribution in [0.1, 0.15) is 30.1 Å². The summed E-state index contributed by atoms with van der Waals surface area (Å²) in [5, 5.41) is 13.7. The van der Waals surface area contributed by atoms with Crippen molar-refractivity contribution in [1.29, 1.82) is 0 Å². The molecule has 4 heterocycles. The lowest BCUT2D eigenvalue weighted by Gasteiger charge is -2.51. The molecule has 4 nitrogen and oxygen atoms in total. The van der Waals surface area contributed by atoms with Crippen molar-refractivity contribution in [2.24, 2.45) is 11.8 Å². The van der Waals surface area contributed by atoms with Crippen molar-refractivity contribution in [1.82, 2.24) is 9.88 Å². The number of phenolic OH excluding ortho intramolecular Hbond substituents is 1. The van der Waals surface area contributed by atoms with Gasteiger partial charge < -0.3 is 9.84 Å². The first-order valence-electron chi connectivity index (χ1n) is 12.2. The molecule has 0 radical (unpaired) electrons. The van der Waals surface area contributed by atoms with Crippen LogP contribution in [0.4, 0.5) is 0 Å². The van der Waals surface area contributed by atoms with Crippen LogP contribution in [0.3, 0.4) is 0 Å². The zero-order chi connectivity index (χ0) is 23.1. The number of piperidine rings is 3. The molecule has 4 aromatic rings. The maximum atomic E-state index is 10.3. The van der Waals surface area contributed by atoms with Crippen LogP contribution in [-0.4, -0.2) is 34.1 Å². The van der Waals surface area contributed by atoms with Gasteiger partial charge in [-0.3, -0.25) is 9.88 Å². The van der Waals surface area contributed by atoms with Crippen LogP contribution in [0.25, 0.3) is 21.7 Å². The maximum absolute atomic E-state index is 10.3. The van der Waals surface area contributed by atoms with E-state index in [2.05, 4.69) is 71.1 Å². The van der Waals surface area contributed by atoms with Gasteiger partial charge in [-0.25, -0.2) is 0 Å². The second-order valence-electron chi connectivity index (χ2n) is 9.72. The summed E-state index contributed by atoms with van der Waals surface area (Å²) in [6.07, 6.45) is 6.21. The largest absolute Gasteiger partial charge is 0.508 e. The number of pyridine rings is 1. The minimum atomic E-state index is -0.111. The van der Waals surface area contributed by atoms with E-state index in [0.717, 1.165) is 36.0 Å². The van der Waals surface area contributed by atoms with Crippen molar-refractivity contribution in [2.75, 3.05) is 13.1 Å². The van der Waals surface area contributed by atoms with E-state index in [1.165, 1.54) is 22.8 Å². The van der Waals surface area contributed by atoms with E-state index in [4.69, 9.17) is 4.74 Å². The fraction of sp³-hybridized carbons (Fsp3) is 0.300. The fourth-order valence-corrected chi connectivity index (χ4v) is 6.10. The summed E-state index contributed by atoms with van der Waals surface area (Å²) < 4.78 is 6.85. The second-order valence-corrected chi connectivity index (χ2v) is 9.72. The third-order valence-electron chi connectivity index (χ3n) is 7.87. The molecule has 0 spiro atoms. The van der Waals surface area contributed by atoms with Gasteiger partial charge in [0.25, 0.3) is 0 Å². The standard InChI is InChI=1S/C30H30N2O2/c1-2-20-18-32-15-13-22(20)16-29(32)30(26-12-14-31-28-11-10-24(33)17-27(26)28)34-19-23-8-5-7-21-6-3-4-9-25(21)23/h2-12,14,17,20,22,29-30,33H,1,13,15-16,18-19H2/t20-,22-,29-,30-/m0/s1. The molecular weight excluding hydrogens is 420 g/mol. The molecule has 0 amide bonds. The van der Waals surface area contributed by atoms with Crippen molar-refractivity contribution in [3.8, 4) is 5.75 Å². The highest BCUT2D eigenvalue weighted by atomic mass is 16.5. The maximum Gasteiger partial charge on any atom is 0.116 e. The second kappa shape index (κ2) is 8.86. The van der Waals surface area contributed by atoms with E-state index >= 15 is 0 Å². The van der Waals surface area contributed by atoms with Crippen molar-refractivity contribution < 1.29 is 9.84 Å². The lowest BCUT2D eigenvalue weighted by Crippen LogP contribution is -2.55. The van der Waals surface area contributed by atoms with Crippen LogP contribution in [0.15, 0.2) is 85.6 Å². The van der Waals surface area contributed by atoms with Crippen molar-refractivity contribution in [2.45, 2.75) is 31.6 Å². The lowest BCUT2D eigenvalue weighted by atomic mass is 9.73. The highest BCUT2D eigenvalue weighted by Gasteiger charge is 2.43. The van der Waals surface area contributed by atoms with Gasteiger partial charge in [0.05, 0.1) is 18.2 Å². The van der Waals surface area contributed by atoms with Crippen molar-refractivity contribution in [3.63, 3.8) is 0 Å². The topological polar surface area (TPSA) is 45.6 Å². The monoisotopic (exact) mass is 450 g/mol. The normalized spacial score (nSPS) is 24.9. The van der Waals surface area contributed by atoms with Gasteiger partial charge >= 0.3 is 0 Å². The zero-order valence-electron chi connectivity index (χ0n) is 19.3. The summed E-state index contributed by atoms with van der Waals surface area (Å²) in [5.74, 6) is 1.46. The van der Waals surface area contributed by atoms with Crippen molar-refractivity contribution in [3.05, 3.63) is 96.7 Å². The predicted molar refractivity (Wildman–Crippen MR) is 137 cm³/mol. The van der Waals surface area contributed by atoms with Gasteiger partial charge in [0, 0.05) is 24.2 Å². The van der Waals surface area contributed by atoms with Crippen LogP contribution in [0, 0.1) is 11.8 Å². The Kier molecular flexibility index (Phi) is 5.56. The SMILES string of the molecule is C=C[C@H]1CN2CC[C@H]1C[C@H]2[C@@H](OCc1cccc2ccccc12)c1ccnc2ccc(O)cc12. The van der Waals surface area contributed by atoms with E-state index in [0.29, 0.717) is 18.4 Å². The summed E-state index contributed by atoms with van der Waals surface area (Å²) in [5.41, 5.74) is 3.19. The number of benzene rings is 3. The van der Waals surface area contributed by atoms with Crippen LogP contribution >= 0.6 is 0 Å².